The number of hydrogen-bond donors (Lipinski definition) is 2. The van der Waals surface area contributed by atoms with Crippen molar-refractivity contribution < 1.29 is 14.0 Å². The van der Waals surface area contributed by atoms with Gasteiger partial charge < -0.3 is 15.1 Å². The highest BCUT2D eigenvalue weighted by atomic mass is 35.5. The third kappa shape index (κ3) is 4.61. The van der Waals surface area contributed by atoms with Crippen LogP contribution in [0.15, 0.2) is 64.3 Å². The summed E-state index contributed by atoms with van der Waals surface area (Å²) >= 11 is 7.57. The number of benzene rings is 2. The third-order valence-corrected chi connectivity index (χ3v) is 5.58. The Morgan fingerprint density at radius 3 is 2.56 bits per heavy atom. The molecule has 162 valence electrons. The molecular weight excluding hydrogens is 448 g/mol. The minimum absolute atomic E-state index is 0.0199. The van der Waals surface area contributed by atoms with Crippen LogP contribution in [0.25, 0.3) is 11.0 Å². The molecule has 0 unspecified atom stereocenters. The summed E-state index contributed by atoms with van der Waals surface area (Å²) in [5, 5.41) is 6.70. The summed E-state index contributed by atoms with van der Waals surface area (Å²) in [6, 6.07) is 14.4. The van der Waals surface area contributed by atoms with Crippen molar-refractivity contribution in [3.63, 3.8) is 0 Å². The lowest BCUT2D eigenvalue weighted by atomic mass is 10.2. The number of carbonyl (C=O) groups excluding carboxylic acids is 2. The van der Waals surface area contributed by atoms with E-state index in [2.05, 4.69) is 20.6 Å². The molecule has 0 saturated heterocycles. The third-order valence-electron chi connectivity index (χ3n) is 4.56. The van der Waals surface area contributed by atoms with Crippen molar-refractivity contribution in [2.45, 2.75) is 19.0 Å². The topological polar surface area (TPSA) is 97.1 Å². The van der Waals surface area contributed by atoms with E-state index >= 15 is 0 Å². The number of carbonyl (C=O) groups is 2. The molecule has 2 amide bonds. The van der Waals surface area contributed by atoms with Crippen LogP contribution in [0.1, 0.15) is 33.5 Å². The summed E-state index contributed by atoms with van der Waals surface area (Å²) in [6.45, 7) is 3.92. The SMILES string of the molecule is CCSc1ncc(Cl)c(C(=O)Nc2c(C(=O)Nc3ccc(C)cc3)oc3ccccc23)n1. The summed E-state index contributed by atoms with van der Waals surface area (Å²) in [4.78, 5) is 34.4. The highest BCUT2D eigenvalue weighted by molar-refractivity contribution is 7.99. The summed E-state index contributed by atoms with van der Waals surface area (Å²) in [7, 11) is 0. The van der Waals surface area contributed by atoms with Crippen molar-refractivity contribution in [2.24, 2.45) is 0 Å². The first-order chi connectivity index (χ1) is 15.5. The van der Waals surface area contributed by atoms with E-state index in [0.717, 1.165) is 11.3 Å². The molecule has 0 aliphatic rings. The van der Waals surface area contributed by atoms with Crippen molar-refractivity contribution in [3.05, 3.63) is 76.8 Å². The Bertz CT molecular complexity index is 1300. The molecule has 0 atom stereocenters. The van der Waals surface area contributed by atoms with Crippen molar-refractivity contribution >= 4 is 57.5 Å². The number of nitrogens with zero attached hydrogens (tertiary/aromatic N) is 2. The lowest BCUT2D eigenvalue weighted by Crippen LogP contribution is -2.18. The molecule has 0 saturated carbocycles. The first-order valence-electron chi connectivity index (χ1n) is 9.82. The lowest BCUT2D eigenvalue weighted by Gasteiger charge is -2.09. The number of anilines is 2. The van der Waals surface area contributed by atoms with E-state index in [1.54, 1.807) is 36.4 Å². The van der Waals surface area contributed by atoms with Gasteiger partial charge in [0.05, 0.1) is 11.2 Å². The fourth-order valence-electron chi connectivity index (χ4n) is 3.04. The highest BCUT2D eigenvalue weighted by Crippen LogP contribution is 2.32. The maximum absolute atomic E-state index is 13.0. The smallest absolute Gasteiger partial charge is 0.293 e. The maximum atomic E-state index is 13.0. The average Bonchev–Trinajstić information content (AvgIpc) is 3.15. The minimum Gasteiger partial charge on any atom is -0.449 e. The molecule has 2 aromatic heterocycles. The second kappa shape index (κ2) is 9.42. The molecule has 0 aliphatic heterocycles. The lowest BCUT2D eigenvalue weighted by molar-refractivity contribution is 0.0999. The van der Waals surface area contributed by atoms with Crippen molar-refractivity contribution in [3.8, 4) is 0 Å². The van der Waals surface area contributed by atoms with Crippen LogP contribution in [0.3, 0.4) is 0 Å². The van der Waals surface area contributed by atoms with Gasteiger partial charge in [0.2, 0.25) is 5.76 Å². The zero-order chi connectivity index (χ0) is 22.7. The first-order valence-corrected chi connectivity index (χ1v) is 11.2. The van der Waals surface area contributed by atoms with Crippen LogP contribution < -0.4 is 10.6 Å². The van der Waals surface area contributed by atoms with Gasteiger partial charge in [-0.05, 0) is 36.9 Å². The van der Waals surface area contributed by atoms with Crippen LogP contribution in [-0.2, 0) is 0 Å². The molecule has 0 aliphatic carbocycles. The molecule has 2 N–H and O–H groups in total. The predicted octanol–water partition coefficient (Wildman–Crippen LogP) is 5.80. The van der Waals surface area contributed by atoms with Crippen molar-refractivity contribution in [1.82, 2.24) is 9.97 Å². The van der Waals surface area contributed by atoms with Crippen LogP contribution in [0.4, 0.5) is 11.4 Å². The number of furan rings is 1. The number of rotatable bonds is 6. The summed E-state index contributed by atoms with van der Waals surface area (Å²) in [5.41, 5.74) is 2.41. The van der Waals surface area contributed by atoms with Gasteiger partial charge >= 0.3 is 0 Å². The van der Waals surface area contributed by atoms with Crippen LogP contribution in [0, 0.1) is 6.92 Å². The Morgan fingerprint density at radius 1 is 1.06 bits per heavy atom. The Morgan fingerprint density at radius 2 is 1.81 bits per heavy atom. The Kier molecular flexibility index (Phi) is 6.43. The number of para-hydroxylation sites is 1. The van der Waals surface area contributed by atoms with Crippen LogP contribution >= 0.6 is 23.4 Å². The Hall–Kier alpha value is -3.36. The normalized spacial score (nSPS) is 10.8. The molecule has 7 nitrogen and oxygen atoms in total. The van der Waals surface area contributed by atoms with Gasteiger partial charge in [0.1, 0.15) is 11.3 Å². The van der Waals surface area contributed by atoms with Gasteiger partial charge in [0, 0.05) is 11.1 Å². The second-order valence-electron chi connectivity index (χ2n) is 6.86. The molecule has 32 heavy (non-hydrogen) atoms. The number of hydrogen-bond acceptors (Lipinski definition) is 6. The van der Waals surface area contributed by atoms with Crippen LogP contribution in [0.2, 0.25) is 5.02 Å². The molecule has 0 spiro atoms. The Labute approximate surface area is 193 Å². The number of thioether (sulfide) groups is 1. The van der Waals surface area contributed by atoms with Crippen LogP contribution in [-0.4, -0.2) is 27.5 Å². The number of fused-ring (bicyclic) bond motifs is 1. The van der Waals surface area contributed by atoms with Gasteiger partial charge in [-0.15, -0.1) is 0 Å². The number of nitrogens with one attached hydrogen (secondary N) is 2. The van der Waals surface area contributed by atoms with E-state index in [-0.39, 0.29) is 22.2 Å². The summed E-state index contributed by atoms with van der Waals surface area (Å²) < 4.78 is 5.79. The van der Waals surface area contributed by atoms with Gasteiger partial charge in [-0.3, -0.25) is 9.59 Å². The van der Waals surface area contributed by atoms with E-state index in [1.807, 2.05) is 26.0 Å². The fourth-order valence-corrected chi connectivity index (χ4v) is 3.75. The molecule has 4 aromatic rings. The van der Waals surface area contributed by atoms with Crippen molar-refractivity contribution in [1.29, 1.82) is 0 Å². The van der Waals surface area contributed by atoms with E-state index in [4.69, 9.17) is 16.0 Å². The largest absolute Gasteiger partial charge is 0.449 e. The van der Waals surface area contributed by atoms with Gasteiger partial charge in [0.15, 0.2) is 10.9 Å². The van der Waals surface area contributed by atoms with Gasteiger partial charge in [-0.2, -0.15) is 0 Å². The molecule has 2 aromatic carbocycles. The molecule has 9 heteroatoms. The van der Waals surface area contributed by atoms with Gasteiger partial charge in [-0.1, -0.05) is 60.1 Å². The fraction of sp³-hybridized carbons (Fsp3) is 0.130. The number of amides is 2. The molecule has 2 heterocycles. The van der Waals surface area contributed by atoms with Gasteiger partial charge in [0.25, 0.3) is 11.8 Å². The number of halogens is 1. The molecule has 0 fully saturated rings. The highest BCUT2D eigenvalue weighted by Gasteiger charge is 2.24. The standard InChI is InChI=1S/C23H19ClN4O3S/c1-3-32-23-25-12-16(24)19(28-23)21(29)27-18-15-6-4-5-7-17(15)31-20(18)22(30)26-14-10-8-13(2)9-11-14/h4-12H,3H2,1-2H3,(H,26,30)(H,27,29). The second-order valence-corrected chi connectivity index (χ2v) is 8.50. The zero-order valence-electron chi connectivity index (χ0n) is 17.3. The number of aromatic nitrogens is 2. The quantitative estimate of drug-likeness (QED) is 0.275. The monoisotopic (exact) mass is 466 g/mol. The van der Waals surface area contributed by atoms with Gasteiger partial charge in [-0.25, -0.2) is 9.97 Å². The molecular formula is C23H19ClN4O3S. The predicted molar refractivity (Wildman–Crippen MR) is 127 cm³/mol. The van der Waals surface area contributed by atoms with Crippen molar-refractivity contribution in [2.75, 3.05) is 16.4 Å². The molecule has 0 radical (unpaired) electrons. The van der Waals surface area contributed by atoms with E-state index < -0.39 is 11.8 Å². The molecule has 0 bridgehead atoms. The number of aryl methyl sites for hydroxylation is 1. The first kappa shape index (κ1) is 21.9. The molecule has 4 rings (SSSR count). The van der Waals surface area contributed by atoms with E-state index in [9.17, 15) is 9.59 Å². The van der Waals surface area contributed by atoms with Crippen LogP contribution in [0.5, 0.6) is 0 Å². The minimum atomic E-state index is -0.564. The van der Waals surface area contributed by atoms with E-state index in [0.29, 0.717) is 21.8 Å². The average molecular weight is 467 g/mol. The van der Waals surface area contributed by atoms with E-state index in [1.165, 1.54) is 18.0 Å². The summed E-state index contributed by atoms with van der Waals surface area (Å²) in [5.74, 6) is -0.325. The zero-order valence-corrected chi connectivity index (χ0v) is 18.9. The maximum Gasteiger partial charge on any atom is 0.293 e. The summed E-state index contributed by atoms with van der Waals surface area (Å²) in [6.07, 6.45) is 1.39. The Balaban J connectivity index is 1.69.